The van der Waals surface area contributed by atoms with Crippen LogP contribution in [-0.2, 0) is 0 Å². The van der Waals surface area contributed by atoms with Crippen LogP contribution < -0.4 is 0 Å². The van der Waals surface area contributed by atoms with Gasteiger partial charge in [-0.15, -0.1) is 22.7 Å². The normalized spacial score (nSPS) is 17.7. The van der Waals surface area contributed by atoms with Crippen molar-refractivity contribution in [2.45, 2.75) is 45.5 Å². The summed E-state index contributed by atoms with van der Waals surface area (Å²) in [5, 5.41) is 0. The first kappa shape index (κ1) is 28.6. The molecular formula is C29H20Br2F6S2. The van der Waals surface area contributed by atoms with Gasteiger partial charge in [-0.05, 0) is 74.2 Å². The van der Waals surface area contributed by atoms with Crippen molar-refractivity contribution in [3.8, 4) is 20.9 Å². The summed E-state index contributed by atoms with van der Waals surface area (Å²) < 4.78 is 94.5. The van der Waals surface area contributed by atoms with Gasteiger partial charge in [0.05, 0.1) is 0 Å². The Morgan fingerprint density at radius 3 is 1.15 bits per heavy atom. The first-order valence-electron chi connectivity index (χ1n) is 11.7. The summed E-state index contributed by atoms with van der Waals surface area (Å²) in [6.45, 7) is 6.05. The Morgan fingerprint density at radius 2 is 0.846 bits per heavy atom. The van der Waals surface area contributed by atoms with Crippen molar-refractivity contribution in [1.29, 1.82) is 0 Å². The van der Waals surface area contributed by atoms with Gasteiger partial charge in [0.1, 0.15) is 0 Å². The predicted molar refractivity (Wildman–Crippen MR) is 156 cm³/mol. The molecule has 5 rings (SSSR count). The van der Waals surface area contributed by atoms with Crippen LogP contribution in [0.25, 0.3) is 32.0 Å². The van der Waals surface area contributed by atoms with Crippen LogP contribution in [0.5, 0.6) is 0 Å². The van der Waals surface area contributed by atoms with E-state index < -0.39 is 28.9 Å². The second kappa shape index (κ2) is 9.60. The predicted octanol–water partition coefficient (Wildman–Crippen LogP) is 11.7. The molecule has 1 aliphatic rings. The minimum absolute atomic E-state index is 0.245. The average Bonchev–Trinajstić information content (AvgIpc) is 3.35. The van der Waals surface area contributed by atoms with Crippen LogP contribution in [0.2, 0.25) is 0 Å². The molecule has 0 aliphatic heterocycles. The number of hydrogen-bond acceptors (Lipinski definition) is 2. The molecule has 2 heterocycles. The number of benzene rings is 2. The molecule has 0 saturated carbocycles. The van der Waals surface area contributed by atoms with Gasteiger partial charge in [0.15, 0.2) is 0 Å². The Labute approximate surface area is 246 Å². The summed E-state index contributed by atoms with van der Waals surface area (Å²) in [5.41, 5.74) is -1.19. The zero-order valence-electron chi connectivity index (χ0n) is 21.0. The van der Waals surface area contributed by atoms with E-state index in [1.165, 1.54) is 27.7 Å². The maximum absolute atomic E-state index is 15.7. The van der Waals surface area contributed by atoms with E-state index in [1.807, 2.05) is 0 Å². The van der Waals surface area contributed by atoms with Crippen molar-refractivity contribution in [2.24, 2.45) is 0 Å². The number of hydrogen-bond donors (Lipinski definition) is 0. The fourth-order valence-corrected chi connectivity index (χ4v) is 8.06. The minimum Gasteiger partial charge on any atom is -0.194 e. The van der Waals surface area contributed by atoms with E-state index in [-0.39, 0.29) is 32.0 Å². The standard InChI is InChI=1S/C29H20Br2F6S2/c1-13-21(15(3)38-25(13)17-5-9-19(30)10-6-17)23-24(28(34,35)29(36,37)27(23,32)33)22-14(2)26(39-16(22)4)18-7-11-20(31)12-8-18/h5-12H,1-4H3. The third-order valence-corrected chi connectivity index (χ3v) is 10.6. The first-order chi connectivity index (χ1) is 18.1. The molecule has 0 bridgehead atoms. The molecule has 204 valence electrons. The van der Waals surface area contributed by atoms with Gasteiger partial charge in [-0.2, -0.15) is 26.3 Å². The molecule has 0 saturated heterocycles. The molecule has 0 radical (unpaired) electrons. The molecule has 0 spiro atoms. The largest absolute Gasteiger partial charge is 0.380 e. The highest BCUT2D eigenvalue weighted by atomic mass is 79.9. The molecular weight excluding hydrogens is 686 g/mol. The Balaban J connectivity index is 1.84. The molecule has 39 heavy (non-hydrogen) atoms. The highest BCUT2D eigenvalue weighted by molar-refractivity contribution is 9.10. The molecule has 2 aromatic heterocycles. The molecule has 10 heteroatoms. The van der Waals surface area contributed by atoms with Crippen molar-refractivity contribution in [1.82, 2.24) is 0 Å². The van der Waals surface area contributed by atoms with E-state index in [9.17, 15) is 0 Å². The maximum Gasteiger partial charge on any atom is 0.380 e. The number of allylic oxidation sites excluding steroid dienone is 2. The SMILES string of the molecule is Cc1sc(-c2ccc(Br)cc2)c(C)c1C1=C(c2c(C)sc(-c3ccc(Br)cc3)c2C)C(F)(F)C(F)(F)C1(F)F. The van der Waals surface area contributed by atoms with Crippen LogP contribution in [0.15, 0.2) is 57.5 Å². The number of thiophene rings is 2. The van der Waals surface area contributed by atoms with Crippen LogP contribution >= 0.6 is 54.5 Å². The van der Waals surface area contributed by atoms with E-state index >= 15 is 26.3 Å². The van der Waals surface area contributed by atoms with Crippen LogP contribution in [0, 0.1) is 27.7 Å². The van der Waals surface area contributed by atoms with Gasteiger partial charge in [-0.1, -0.05) is 56.1 Å². The third-order valence-electron chi connectivity index (χ3n) is 7.03. The smallest absolute Gasteiger partial charge is 0.194 e. The molecule has 1 aliphatic carbocycles. The Bertz CT molecular complexity index is 1510. The van der Waals surface area contributed by atoms with Gasteiger partial charge in [0.2, 0.25) is 0 Å². The zero-order chi connectivity index (χ0) is 28.7. The molecule has 0 amide bonds. The van der Waals surface area contributed by atoms with Crippen molar-refractivity contribution < 1.29 is 26.3 Å². The van der Waals surface area contributed by atoms with Gasteiger partial charge in [0.25, 0.3) is 0 Å². The van der Waals surface area contributed by atoms with Crippen molar-refractivity contribution in [3.63, 3.8) is 0 Å². The molecule has 0 N–H and O–H groups in total. The second-order valence-electron chi connectivity index (χ2n) is 9.46. The lowest BCUT2D eigenvalue weighted by Gasteiger charge is -2.26. The van der Waals surface area contributed by atoms with Crippen LogP contribution in [0.1, 0.15) is 32.0 Å². The monoisotopic (exact) mass is 704 g/mol. The van der Waals surface area contributed by atoms with Crippen molar-refractivity contribution >= 4 is 65.7 Å². The number of alkyl halides is 6. The van der Waals surface area contributed by atoms with E-state index in [2.05, 4.69) is 31.9 Å². The fourth-order valence-electron chi connectivity index (χ4n) is 5.19. The Kier molecular flexibility index (Phi) is 7.05. The Hall–Kier alpha value is -1.88. The van der Waals surface area contributed by atoms with Gasteiger partial charge in [-0.25, -0.2) is 0 Å². The van der Waals surface area contributed by atoms with Crippen LogP contribution in [-0.4, -0.2) is 17.8 Å². The lowest BCUT2D eigenvalue weighted by molar-refractivity contribution is -0.254. The first-order valence-corrected chi connectivity index (χ1v) is 14.9. The number of halogens is 8. The highest BCUT2D eigenvalue weighted by Gasteiger charge is 2.80. The molecule has 0 nitrogen and oxygen atoms in total. The summed E-state index contributed by atoms with van der Waals surface area (Å²) in [4.78, 5) is 1.66. The lowest BCUT2D eigenvalue weighted by Crippen LogP contribution is -2.49. The topological polar surface area (TPSA) is 0 Å². The second-order valence-corrected chi connectivity index (χ2v) is 13.7. The average molecular weight is 706 g/mol. The van der Waals surface area contributed by atoms with Crippen molar-refractivity contribution in [2.75, 3.05) is 0 Å². The third kappa shape index (κ3) is 4.19. The van der Waals surface area contributed by atoms with Gasteiger partial charge in [0, 0.05) is 50.7 Å². The summed E-state index contributed by atoms with van der Waals surface area (Å²) in [5.74, 6) is -15.8. The molecule has 0 unspecified atom stereocenters. The van der Waals surface area contributed by atoms with E-state index in [4.69, 9.17) is 0 Å². The zero-order valence-corrected chi connectivity index (χ0v) is 25.8. The number of rotatable bonds is 4. The number of aryl methyl sites for hydroxylation is 2. The molecule has 0 atom stereocenters. The van der Waals surface area contributed by atoms with E-state index in [0.29, 0.717) is 20.9 Å². The molecule has 2 aromatic carbocycles. The van der Waals surface area contributed by atoms with Gasteiger partial charge >= 0.3 is 17.8 Å². The maximum atomic E-state index is 15.7. The van der Waals surface area contributed by atoms with Gasteiger partial charge in [-0.3, -0.25) is 0 Å². The fraction of sp³-hybridized carbons (Fsp3) is 0.241. The van der Waals surface area contributed by atoms with Crippen LogP contribution in [0.3, 0.4) is 0 Å². The lowest BCUT2D eigenvalue weighted by atomic mass is 9.90. The Morgan fingerprint density at radius 1 is 0.538 bits per heavy atom. The summed E-state index contributed by atoms with van der Waals surface area (Å²) in [7, 11) is 0. The van der Waals surface area contributed by atoms with Crippen LogP contribution in [0.4, 0.5) is 26.3 Å². The molecule has 4 aromatic rings. The van der Waals surface area contributed by atoms with E-state index in [0.717, 1.165) is 31.6 Å². The van der Waals surface area contributed by atoms with E-state index in [1.54, 1.807) is 48.5 Å². The van der Waals surface area contributed by atoms with Crippen molar-refractivity contribution in [3.05, 3.63) is 89.5 Å². The summed E-state index contributed by atoms with van der Waals surface area (Å²) in [6, 6.07) is 14.1. The minimum atomic E-state index is -5.61. The quantitative estimate of drug-likeness (QED) is 0.185. The summed E-state index contributed by atoms with van der Waals surface area (Å²) >= 11 is 8.94. The summed E-state index contributed by atoms with van der Waals surface area (Å²) in [6.07, 6.45) is 0. The van der Waals surface area contributed by atoms with Gasteiger partial charge < -0.3 is 0 Å². The molecule has 0 fully saturated rings. The highest BCUT2D eigenvalue weighted by Crippen LogP contribution is 2.67.